The highest BCUT2D eigenvalue weighted by Gasteiger charge is 2.22. The fraction of sp³-hybridized carbons (Fsp3) is 0.625. The molecule has 1 saturated heterocycles. The lowest BCUT2D eigenvalue weighted by Crippen LogP contribution is -2.52. The molecule has 0 radical (unpaired) electrons. The van der Waals surface area contributed by atoms with Crippen molar-refractivity contribution in [3.8, 4) is 0 Å². The van der Waals surface area contributed by atoms with Gasteiger partial charge in [-0.2, -0.15) is 4.37 Å². The zero-order chi connectivity index (χ0) is 18.2. The lowest BCUT2D eigenvalue weighted by atomic mass is 10.3. The largest absolute Gasteiger partial charge is 0.353 e. The van der Waals surface area contributed by atoms with Gasteiger partial charge in [0.05, 0.1) is 0 Å². The molecule has 0 spiro atoms. The molecule has 0 saturated carbocycles. The molecule has 2 rings (SSSR count). The van der Waals surface area contributed by atoms with Crippen LogP contribution in [0.1, 0.15) is 12.7 Å². The van der Waals surface area contributed by atoms with Gasteiger partial charge in [-0.3, -0.25) is 4.79 Å². The quantitative estimate of drug-likeness (QED) is 0.277. The number of nitrogens with one attached hydrogen (secondary N) is 1. The third kappa shape index (κ3) is 6.38. The molecule has 1 aliphatic heterocycles. The molecule has 26 heavy (non-hydrogen) atoms. The van der Waals surface area contributed by atoms with Crippen molar-refractivity contribution >= 4 is 52.5 Å². The number of hydrogen-bond donors (Lipinski definition) is 1. The molecule has 1 aliphatic rings. The summed E-state index contributed by atoms with van der Waals surface area (Å²) < 4.78 is 4.36. The van der Waals surface area contributed by atoms with Crippen LogP contribution in [0.3, 0.4) is 0 Å². The normalized spacial score (nSPS) is 14.7. The Labute approximate surface area is 176 Å². The van der Waals surface area contributed by atoms with Gasteiger partial charge in [0.1, 0.15) is 12.4 Å². The van der Waals surface area contributed by atoms with Crippen LogP contribution < -0.4 is 10.2 Å². The van der Waals surface area contributed by atoms with Crippen LogP contribution in [0.25, 0.3) is 0 Å². The summed E-state index contributed by atoms with van der Waals surface area (Å²) in [5, 5.41) is 4.23. The van der Waals surface area contributed by atoms with Gasteiger partial charge in [-0.1, -0.05) is 13.0 Å². The van der Waals surface area contributed by atoms with E-state index in [9.17, 15) is 4.79 Å². The van der Waals surface area contributed by atoms with Crippen molar-refractivity contribution in [1.82, 2.24) is 24.5 Å². The van der Waals surface area contributed by atoms with Gasteiger partial charge < -0.3 is 20.0 Å². The van der Waals surface area contributed by atoms with Crippen molar-refractivity contribution in [2.75, 3.05) is 58.3 Å². The standard InChI is InChI=1S/C16H27N7OS.HI/c1-5-7-17-15(18-12-14(24)21(3)4)22-8-10-23(11-9-22)16-19-13(6-2)20-25-16;/h5H,1,6-12H2,2-4H3,(H,17,18);1H. The third-order valence-electron chi connectivity index (χ3n) is 3.89. The minimum absolute atomic E-state index is 0. The molecule has 1 N–H and O–H groups in total. The summed E-state index contributed by atoms with van der Waals surface area (Å²) in [7, 11) is 3.47. The summed E-state index contributed by atoms with van der Waals surface area (Å²) in [6, 6.07) is 0. The maximum absolute atomic E-state index is 11.8. The molecule has 1 aromatic rings. The van der Waals surface area contributed by atoms with Gasteiger partial charge in [0.25, 0.3) is 0 Å². The number of nitrogens with zero attached hydrogens (tertiary/aromatic N) is 6. The number of rotatable bonds is 6. The lowest BCUT2D eigenvalue weighted by Gasteiger charge is -2.36. The van der Waals surface area contributed by atoms with Gasteiger partial charge in [-0.15, -0.1) is 30.6 Å². The second-order valence-corrected chi connectivity index (χ2v) is 6.65. The Balaban J connectivity index is 0.00000338. The maximum Gasteiger partial charge on any atom is 0.243 e. The highest BCUT2D eigenvalue weighted by molar-refractivity contribution is 14.0. The SMILES string of the molecule is C=CCNC(=NCC(=O)N(C)C)N1CCN(c2nc(CC)ns2)CC1.I. The van der Waals surface area contributed by atoms with Gasteiger partial charge in [0.2, 0.25) is 11.0 Å². The van der Waals surface area contributed by atoms with Gasteiger partial charge in [0, 0.05) is 64.8 Å². The zero-order valence-electron chi connectivity index (χ0n) is 15.6. The minimum Gasteiger partial charge on any atom is -0.353 e. The number of likely N-dealkylation sites (N-methyl/N-ethyl adjacent to an activating group) is 1. The van der Waals surface area contributed by atoms with E-state index in [0.717, 1.165) is 49.5 Å². The number of carbonyl (C=O) groups is 1. The second kappa shape index (κ2) is 11.3. The number of aromatic nitrogens is 2. The Kier molecular flexibility index (Phi) is 9.84. The molecule has 0 atom stereocenters. The number of anilines is 1. The van der Waals surface area contributed by atoms with Gasteiger partial charge in [-0.25, -0.2) is 9.98 Å². The number of guanidine groups is 1. The molecular weight excluding hydrogens is 465 g/mol. The van der Waals surface area contributed by atoms with E-state index in [-0.39, 0.29) is 36.4 Å². The lowest BCUT2D eigenvalue weighted by molar-refractivity contribution is -0.127. The molecule has 8 nitrogen and oxygen atoms in total. The minimum atomic E-state index is -0.0162. The van der Waals surface area contributed by atoms with Crippen molar-refractivity contribution in [3.63, 3.8) is 0 Å². The van der Waals surface area contributed by atoms with Crippen LogP contribution >= 0.6 is 35.5 Å². The predicted octanol–water partition coefficient (Wildman–Crippen LogP) is 1.06. The average molecular weight is 493 g/mol. The molecular formula is C16H28IN7OS. The molecule has 0 unspecified atom stereocenters. The van der Waals surface area contributed by atoms with E-state index in [4.69, 9.17) is 0 Å². The van der Waals surface area contributed by atoms with Crippen molar-refractivity contribution in [1.29, 1.82) is 0 Å². The van der Waals surface area contributed by atoms with Gasteiger partial charge in [0.15, 0.2) is 5.96 Å². The molecule has 0 bridgehead atoms. The van der Waals surface area contributed by atoms with Crippen LogP contribution in [-0.4, -0.2) is 84.4 Å². The molecule has 0 aromatic carbocycles. The highest BCUT2D eigenvalue weighted by Crippen LogP contribution is 2.19. The summed E-state index contributed by atoms with van der Waals surface area (Å²) in [6.07, 6.45) is 2.64. The van der Waals surface area contributed by atoms with Crippen molar-refractivity contribution in [3.05, 3.63) is 18.5 Å². The smallest absolute Gasteiger partial charge is 0.243 e. The predicted molar refractivity (Wildman–Crippen MR) is 118 cm³/mol. The number of aryl methyl sites for hydroxylation is 1. The van der Waals surface area contributed by atoms with Crippen LogP contribution in [0.4, 0.5) is 5.13 Å². The third-order valence-corrected chi connectivity index (χ3v) is 4.71. The Bertz CT molecular complexity index is 611. The number of carbonyl (C=O) groups excluding carboxylic acids is 1. The summed E-state index contributed by atoms with van der Waals surface area (Å²) in [5.41, 5.74) is 0. The van der Waals surface area contributed by atoms with Crippen LogP contribution in [-0.2, 0) is 11.2 Å². The van der Waals surface area contributed by atoms with Crippen LogP contribution in [0.15, 0.2) is 17.6 Å². The monoisotopic (exact) mass is 493 g/mol. The first-order valence-electron chi connectivity index (χ1n) is 8.47. The first-order chi connectivity index (χ1) is 12.0. The summed E-state index contributed by atoms with van der Waals surface area (Å²) in [6.45, 7) is 9.90. The first kappa shape index (κ1) is 22.6. The van der Waals surface area contributed by atoms with Gasteiger partial charge in [-0.05, 0) is 0 Å². The fourth-order valence-electron chi connectivity index (χ4n) is 2.34. The van der Waals surface area contributed by atoms with Crippen LogP contribution in [0, 0.1) is 0 Å². The Morgan fingerprint density at radius 3 is 2.62 bits per heavy atom. The topological polar surface area (TPSA) is 77.0 Å². The molecule has 0 aliphatic carbocycles. The van der Waals surface area contributed by atoms with Crippen molar-refractivity contribution < 1.29 is 4.79 Å². The Morgan fingerprint density at radius 1 is 1.38 bits per heavy atom. The first-order valence-corrected chi connectivity index (χ1v) is 9.24. The zero-order valence-corrected chi connectivity index (χ0v) is 18.8. The number of aliphatic imine (C=N–C) groups is 1. The Hall–Kier alpha value is -1.43. The number of halogens is 1. The molecule has 1 amide bonds. The van der Waals surface area contributed by atoms with E-state index in [0.29, 0.717) is 6.54 Å². The number of amides is 1. The molecule has 10 heteroatoms. The molecule has 1 aromatic heterocycles. The van der Waals surface area contributed by atoms with Crippen LogP contribution in [0.5, 0.6) is 0 Å². The summed E-state index contributed by atoms with van der Waals surface area (Å²) in [5.74, 6) is 1.64. The van der Waals surface area contributed by atoms with E-state index in [1.54, 1.807) is 25.1 Å². The van der Waals surface area contributed by atoms with E-state index in [2.05, 4.69) is 43.0 Å². The summed E-state index contributed by atoms with van der Waals surface area (Å²) >= 11 is 1.46. The molecule has 146 valence electrons. The van der Waals surface area contributed by atoms with E-state index in [1.807, 2.05) is 0 Å². The van der Waals surface area contributed by atoms with E-state index in [1.165, 1.54) is 11.5 Å². The van der Waals surface area contributed by atoms with Gasteiger partial charge >= 0.3 is 0 Å². The average Bonchev–Trinajstić information content (AvgIpc) is 3.11. The van der Waals surface area contributed by atoms with Crippen LogP contribution in [0.2, 0.25) is 0 Å². The van der Waals surface area contributed by atoms with Crippen molar-refractivity contribution in [2.24, 2.45) is 4.99 Å². The maximum atomic E-state index is 11.8. The van der Waals surface area contributed by atoms with E-state index >= 15 is 0 Å². The Morgan fingerprint density at radius 2 is 2.08 bits per heavy atom. The molecule has 1 fully saturated rings. The molecule has 2 heterocycles. The second-order valence-electron chi connectivity index (χ2n) is 5.92. The highest BCUT2D eigenvalue weighted by atomic mass is 127. The van der Waals surface area contributed by atoms with E-state index < -0.39 is 0 Å². The number of piperazine rings is 1. The fourth-order valence-corrected chi connectivity index (χ4v) is 3.14. The summed E-state index contributed by atoms with van der Waals surface area (Å²) in [4.78, 5) is 26.8. The van der Waals surface area contributed by atoms with Crippen molar-refractivity contribution in [2.45, 2.75) is 13.3 Å². The number of hydrogen-bond acceptors (Lipinski definition) is 6.